The molecule has 0 unspecified atom stereocenters. The van der Waals surface area contributed by atoms with Crippen molar-refractivity contribution in [3.63, 3.8) is 0 Å². The van der Waals surface area contributed by atoms with Crippen LogP contribution in [0.5, 0.6) is 0 Å². The molecule has 1 aliphatic heterocycles. The zero-order chi connectivity index (χ0) is 42.7. The van der Waals surface area contributed by atoms with Gasteiger partial charge in [-0.3, -0.25) is 33.6 Å². The van der Waals surface area contributed by atoms with Crippen LogP contribution in [0.1, 0.15) is 71.9 Å². The third kappa shape index (κ3) is 12.7. The molecule has 58 heavy (non-hydrogen) atoms. The van der Waals surface area contributed by atoms with Gasteiger partial charge in [0.05, 0.1) is 0 Å². The predicted octanol–water partition coefficient (Wildman–Crippen LogP) is 2.28. The highest BCUT2D eigenvalue weighted by Crippen LogP contribution is 2.44. The summed E-state index contributed by atoms with van der Waals surface area (Å²) in [4.78, 5) is 102. The van der Waals surface area contributed by atoms with Crippen LogP contribution in [0, 0.1) is 0 Å². The van der Waals surface area contributed by atoms with E-state index in [9.17, 15) is 38.4 Å². The average Bonchev–Trinajstić information content (AvgIpc) is 3.44. The van der Waals surface area contributed by atoms with E-state index in [0.717, 1.165) is 54.8 Å². The number of rotatable bonds is 15. The topological polar surface area (TPSA) is 228 Å². The second kappa shape index (κ2) is 19.9. The molecule has 2 aliphatic rings. The van der Waals surface area contributed by atoms with E-state index in [1.54, 1.807) is 20.8 Å². The summed E-state index contributed by atoms with van der Waals surface area (Å²) in [6.45, 7) is 7.65. The van der Waals surface area contributed by atoms with E-state index in [0.29, 0.717) is 0 Å². The molecule has 18 heteroatoms. The smallest absolute Gasteiger partial charge is 0.407 e. The van der Waals surface area contributed by atoms with E-state index in [4.69, 9.17) is 33.2 Å². The number of carbonyl (C=O) groups is 8. The summed E-state index contributed by atoms with van der Waals surface area (Å²) in [5.74, 6) is -6.20. The Kier molecular flexibility index (Phi) is 15.3. The maximum atomic E-state index is 13.6. The summed E-state index contributed by atoms with van der Waals surface area (Å²) in [6.07, 6.45) is -9.28. The minimum atomic E-state index is -1.63. The minimum Gasteiger partial charge on any atom is -0.463 e. The number of esters is 5. The minimum absolute atomic E-state index is 0.0415. The number of ether oxygens (including phenoxy) is 7. The number of nitrogens with zero attached hydrogens (tertiary/aromatic N) is 1. The van der Waals surface area contributed by atoms with Crippen molar-refractivity contribution in [1.29, 1.82) is 0 Å². The fourth-order valence-electron chi connectivity index (χ4n) is 6.57. The van der Waals surface area contributed by atoms with Gasteiger partial charge in [0.2, 0.25) is 11.8 Å². The summed E-state index contributed by atoms with van der Waals surface area (Å²) >= 11 is 0. The largest absolute Gasteiger partial charge is 0.463 e. The van der Waals surface area contributed by atoms with E-state index in [2.05, 4.69) is 10.6 Å². The molecule has 1 aliphatic carbocycles. The Labute approximate surface area is 335 Å². The van der Waals surface area contributed by atoms with Gasteiger partial charge < -0.3 is 48.7 Å². The first-order chi connectivity index (χ1) is 27.3. The van der Waals surface area contributed by atoms with Crippen LogP contribution in [0.4, 0.5) is 4.79 Å². The SMILES string of the molecule is CC(=O)OC[C@H]1O[C@@H](NC(=O)CC(=O)N(CCNC(=O)OCC2c3ccccc3-c3ccccc32)CC(=O)OC(C)(C)C)[C@H](OC(C)=O)[C@@H](OC(C)=O)[C@@H]1OC(C)=O. The van der Waals surface area contributed by atoms with Gasteiger partial charge in [-0.1, -0.05) is 48.5 Å². The summed E-state index contributed by atoms with van der Waals surface area (Å²) in [7, 11) is 0. The van der Waals surface area contributed by atoms with Gasteiger partial charge in [-0.15, -0.1) is 0 Å². The fourth-order valence-corrected chi connectivity index (χ4v) is 6.57. The number of alkyl carbamates (subject to hydrolysis) is 1. The Bertz CT molecular complexity index is 1830. The summed E-state index contributed by atoms with van der Waals surface area (Å²) in [5.41, 5.74) is 3.25. The highest BCUT2D eigenvalue weighted by molar-refractivity contribution is 5.98. The number of nitrogens with one attached hydrogen (secondary N) is 2. The van der Waals surface area contributed by atoms with Crippen molar-refractivity contribution in [1.82, 2.24) is 15.5 Å². The van der Waals surface area contributed by atoms with Crippen LogP contribution in [0.15, 0.2) is 48.5 Å². The number of hydrogen-bond acceptors (Lipinski definition) is 15. The van der Waals surface area contributed by atoms with Gasteiger partial charge in [-0.25, -0.2) is 4.79 Å². The Balaban J connectivity index is 1.45. The Hall–Kier alpha value is -6.04. The van der Waals surface area contributed by atoms with Crippen molar-refractivity contribution in [2.75, 3.05) is 32.8 Å². The molecule has 0 bridgehead atoms. The van der Waals surface area contributed by atoms with Crippen molar-refractivity contribution in [3.8, 4) is 11.1 Å². The molecule has 2 N–H and O–H groups in total. The number of carbonyl (C=O) groups excluding carboxylic acids is 8. The zero-order valence-electron chi connectivity index (χ0n) is 33.4. The van der Waals surface area contributed by atoms with E-state index < -0.39 is 104 Å². The second-order valence-corrected chi connectivity index (χ2v) is 14.5. The number of fused-ring (bicyclic) bond motifs is 3. The first-order valence-electron chi connectivity index (χ1n) is 18.5. The molecule has 1 saturated heterocycles. The first-order valence-corrected chi connectivity index (χ1v) is 18.5. The van der Waals surface area contributed by atoms with Gasteiger partial charge in [0.1, 0.15) is 37.9 Å². The maximum Gasteiger partial charge on any atom is 0.407 e. The number of hydrogen-bond donors (Lipinski definition) is 2. The van der Waals surface area contributed by atoms with Gasteiger partial charge in [-0.2, -0.15) is 0 Å². The van der Waals surface area contributed by atoms with Crippen molar-refractivity contribution in [3.05, 3.63) is 59.7 Å². The monoisotopic (exact) mass is 811 g/mol. The van der Waals surface area contributed by atoms with Crippen molar-refractivity contribution >= 4 is 47.8 Å². The third-order valence-corrected chi connectivity index (χ3v) is 8.69. The molecule has 0 saturated carbocycles. The van der Waals surface area contributed by atoms with Crippen molar-refractivity contribution in [2.24, 2.45) is 0 Å². The molecule has 2 aromatic carbocycles. The summed E-state index contributed by atoms with van der Waals surface area (Å²) < 4.78 is 37.9. The molecule has 4 rings (SSSR count). The van der Waals surface area contributed by atoms with E-state index in [-0.39, 0.29) is 25.6 Å². The molecule has 5 atom stereocenters. The van der Waals surface area contributed by atoms with Crippen molar-refractivity contribution < 1.29 is 71.5 Å². The molecule has 0 radical (unpaired) electrons. The van der Waals surface area contributed by atoms with Gasteiger partial charge in [0.25, 0.3) is 0 Å². The summed E-state index contributed by atoms with van der Waals surface area (Å²) in [5, 5.41) is 4.99. The lowest BCUT2D eigenvalue weighted by molar-refractivity contribution is -0.257. The van der Waals surface area contributed by atoms with Crippen LogP contribution in [0.2, 0.25) is 0 Å². The normalized spacial score (nSPS) is 19.6. The number of benzene rings is 2. The van der Waals surface area contributed by atoms with Crippen LogP contribution in [-0.2, 0) is 66.7 Å². The second-order valence-electron chi connectivity index (χ2n) is 14.5. The Morgan fingerprint density at radius 2 is 1.26 bits per heavy atom. The van der Waals surface area contributed by atoms with Crippen LogP contribution in [0.25, 0.3) is 11.1 Å². The van der Waals surface area contributed by atoms with E-state index >= 15 is 0 Å². The fraction of sp³-hybridized carbons (Fsp3) is 0.500. The van der Waals surface area contributed by atoms with E-state index in [1.807, 2.05) is 48.5 Å². The van der Waals surface area contributed by atoms with Crippen molar-refractivity contribution in [2.45, 2.75) is 97.0 Å². The molecule has 2 aromatic rings. The molecule has 1 fully saturated rings. The van der Waals surface area contributed by atoms with Crippen LogP contribution >= 0.6 is 0 Å². The lowest BCUT2D eigenvalue weighted by atomic mass is 9.97. The molecular weight excluding hydrogens is 762 g/mol. The molecule has 0 spiro atoms. The highest BCUT2D eigenvalue weighted by Gasteiger charge is 2.52. The Morgan fingerprint density at radius 3 is 1.81 bits per heavy atom. The predicted molar refractivity (Wildman–Crippen MR) is 200 cm³/mol. The molecule has 18 nitrogen and oxygen atoms in total. The quantitative estimate of drug-likeness (QED) is 0.149. The van der Waals surface area contributed by atoms with Gasteiger partial charge in [-0.05, 0) is 43.0 Å². The molecule has 0 aromatic heterocycles. The Morgan fingerprint density at radius 1 is 0.707 bits per heavy atom. The lowest BCUT2D eigenvalue weighted by Gasteiger charge is -2.44. The molecule has 1 heterocycles. The lowest BCUT2D eigenvalue weighted by Crippen LogP contribution is -2.66. The van der Waals surface area contributed by atoms with Gasteiger partial charge in [0, 0.05) is 46.7 Å². The van der Waals surface area contributed by atoms with E-state index in [1.165, 1.54) is 0 Å². The van der Waals surface area contributed by atoms with Crippen LogP contribution in [-0.4, -0.2) is 122 Å². The first kappa shape index (κ1) is 44.7. The zero-order valence-corrected chi connectivity index (χ0v) is 33.4. The van der Waals surface area contributed by atoms with Crippen LogP contribution < -0.4 is 10.6 Å². The van der Waals surface area contributed by atoms with Crippen LogP contribution in [0.3, 0.4) is 0 Å². The van der Waals surface area contributed by atoms with Gasteiger partial charge in [0.15, 0.2) is 24.5 Å². The summed E-state index contributed by atoms with van der Waals surface area (Å²) in [6, 6.07) is 15.7. The van der Waals surface area contributed by atoms with Gasteiger partial charge >= 0.3 is 35.9 Å². The molecule has 314 valence electrons. The number of amides is 3. The third-order valence-electron chi connectivity index (χ3n) is 8.69. The average molecular weight is 812 g/mol. The maximum absolute atomic E-state index is 13.6. The molecular formula is C40H49N3O15. The highest BCUT2D eigenvalue weighted by atomic mass is 16.7. The molecule has 3 amide bonds. The standard InChI is InChI=1S/C40H49N3O15/c1-22(44)52-21-31-35(54-23(2)45)36(55-24(3)46)37(56-25(4)47)38(57-31)42-32(48)18-33(49)43(19-34(50)58-40(5,6)7)17-16-41-39(51)53-20-30-28-14-10-8-12-26(28)27-13-9-11-15-29(27)30/h8-15,30-31,35-38H,16-21H2,1-7H3,(H,41,51)(H,42,48)/t31-,35-,36+,37-,38-/m1/s1.